The third-order valence-electron chi connectivity index (χ3n) is 14.9. The SMILES string of the molecule is CCCCCCCCCCCCCC(=O)O[C@H]1CC[C@@]2(C)[C@H](C1)C(=O)C[C@@H]1[C@@H]2CC[C@]2(C)[C@@H]([C@H](C)[C@@H](O)[C@H](O)[C@@H](C)C(C)C)CC[C@@H]12. The zero-order valence-electron chi connectivity index (χ0n) is 31.6. The summed E-state index contributed by atoms with van der Waals surface area (Å²) in [5.74, 6) is 2.59. The topological polar surface area (TPSA) is 83.8 Å². The summed E-state index contributed by atoms with van der Waals surface area (Å²) < 4.78 is 6.03. The second-order valence-electron chi connectivity index (χ2n) is 17.9. The standard InChI is InChI=1S/C42H74O5/c1-8-9-10-11-12-13-14-15-16-17-18-19-38(44)47-31-22-24-42(7)35-23-25-41(6)33(30(5)40(46)39(45)29(4)28(2)3)20-21-34(41)32(35)27-37(43)36(42)26-31/h28-36,39-40,45-46H,8-27H2,1-7H3/t29-,30-,31-,32-,33+,34-,35-,36+,39+,40+,41+,42+/m0/s1. The molecule has 0 aromatic rings. The smallest absolute Gasteiger partial charge is 0.306 e. The lowest BCUT2D eigenvalue weighted by molar-refractivity contribution is -0.171. The summed E-state index contributed by atoms with van der Waals surface area (Å²) in [5, 5.41) is 22.3. The summed E-state index contributed by atoms with van der Waals surface area (Å²) in [5.41, 5.74) is 0.0964. The van der Waals surface area contributed by atoms with E-state index in [0.717, 1.165) is 51.4 Å². The lowest BCUT2D eigenvalue weighted by atomic mass is 9.44. The summed E-state index contributed by atoms with van der Waals surface area (Å²) in [6, 6.07) is 0. The molecule has 47 heavy (non-hydrogen) atoms. The van der Waals surface area contributed by atoms with Crippen molar-refractivity contribution in [2.45, 2.75) is 195 Å². The summed E-state index contributed by atoms with van der Waals surface area (Å²) in [4.78, 5) is 26.7. The highest BCUT2D eigenvalue weighted by Crippen LogP contribution is 2.68. The van der Waals surface area contributed by atoms with Gasteiger partial charge < -0.3 is 14.9 Å². The fraction of sp³-hybridized carbons (Fsp3) is 0.952. The molecule has 4 fully saturated rings. The molecule has 0 radical (unpaired) electrons. The number of hydrogen-bond acceptors (Lipinski definition) is 5. The summed E-state index contributed by atoms with van der Waals surface area (Å²) in [6.45, 7) is 15.5. The van der Waals surface area contributed by atoms with Gasteiger partial charge in [-0.25, -0.2) is 0 Å². The molecule has 12 atom stereocenters. The number of ether oxygens (including phenoxy) is 1. The third kappa shape index (κ3) is 8.87. The Bertz CT molecular complexity index is 994. The van der Waals surface area contributed by atoms with E-state index in [1.165, 1.54) is 57.8 Å². The predicted octanol–water partition coefficient (Wildman–Crippen LogP) is 10.1. The molecule has 0 unspecified atom stereocenters. The molecule has 0 amide bonds. The first-order valence-electron chi connectivity index (χ1n) is 20.4. The lowest BCUT2D eigenvalue weighted by Crippen LogP contribution is -2.57. The number of carbonyl (C=O) groups is 2. The fourth-order valence-electron chi connectivity index (χ4n) is 11.4. The number of hydrogen-bond donors (Lipinski definition) is 2. The van der Waals surface area contributed by atoms with Gasteiger partial charge in [0.05, 0.1) is 12.2 Å². The van der Waals surface area contributed by atoms with Crippen LogP contribution in [0.3, 0.4) is 0 Å². The van der Waals surface area contributed by atoms with Crippen LogP contribution in [0, 0.1) is 58.2 Å². The van der Waals surface area contributed by atoms with E-state index in [0.29, 0.717) is 54.6 Å². The van der Waals surface area contributed by atoms with Crippen molar-refractivity contribution in [2.75, 3.05) is 0 Å². The second-order valence-corrected chi connectivity index (χ2v) is 17.9. The number of ketones is 1. The van der Waals surface area contributed by atoms with Crippen LogP contribution >= 0.6 is 0 Å². The molecular weight excluding hydrogens is 584 g/mol. The Morgan fingerprint density at radius 1 is 0.787 bits per heavy atom. The predicted molar refractivity (Wildman–Crippen MR) is 192 cm³/mol. The third-order valence-corrected chi connectivity index (χ3v) is 14.9. The monoisotopic (exact) mass is 659 g/mol. The van der Waals surface area contributed by atoms with E-state index in [9.17, 15) is 19.8 Å². The van der Waals surface area contributed by atoms with Gasteiger partial charge in [0.15, 0.2) is 0 Å². The molecule has 0 aromatic heterocycles. The maximum atomic E-state index is 13.9. The molecule has 0 aromatic carbocycles. The average molecular weight is 659 g/mol. The van der Waals surface area contributed by atoms with Crippen LogP contribution < -0.4 is 0 Å². The van der Waals surface area contributed by atoms with Crippen molar-refractivity contribution in [1.82, 2.24) is 0 Å². The number of aliphatic hydroxyl groups is 2. The number of esters is 1. The van der Waals surface area contributed by atoms with Crippen molar-refractivity contribution in [3.8, 4) is 0 Å². The highest BCUT2D eigenvalue weighted by molar-refractivity contribution is 5.83. The highest BCUT2D eigenvalue weighted by Gasteiger charge is 2.63. The highest BCUT2D eigenvalue weighted by atomic mass is 16.5. The van der Waals surface area contributed by atoms with Gasteiger partial charge in [0.2, 0.25) is 0 Å². The Kier molecular flexibility index (Phi) is 14.3. The average Bonchev–Trinajstić information content (AvgIpc) is 3.40. The normalized spacial score (nSPS) is 36.3. The molecule has 0 aliphatic heterocycles. The van der Waals surface area contributed by atoms with Gasteiger partial charge in [0.1, 0.15) is 11.9 Å². The van der Waals surface area contributed by atoms with Crippen molar-refractivity contribution in [3.63, 3.8) is 0 Å². The van der Waals surface area contributed by atoms with Crippen LogP contribution in [0.5, 0.6) is 0 Å². The minimum Gasteiger partial charge on any atom is -0.462 e. The molecule has 272 valence electrons. The fourth-order valence-corrected chi connectivity index (χ4v) is 11.4. The van der Waals surface area contributed by atoms with E-state index in [1.54, 1.807) is 0 Å². The van der Waals surface area contributed by atoms with Crippen LogP contribution in [0.25, 0.3) is 0 Å². The van der Waals surface area contributed by atoms with Gasteiger partial charge in [-0.05, 0) is 104 Å². The van der Waals surface area contributed by atoms with Crippen molar-refractivity contribution in [1.29, 1.82) is 0 Å². The van der Waals surface area contributed by atoms with Crippen molar-refractivity contribution in [2.24, 2.45) is 58.2 Å². The minimum atomic E-state index is -0.714. The van der Waals surface area contributed by atoms with Gasteiger partial charge in [-0.2, -0.15) is 0 Å². The van der Waals surface area contributed by atoms with Crippen LogP contribution in [0.4, 0.5) is 0 Å². The molecule has 0 bridgehead atoms. The van der Waals surface area contributed by atoms with E-state index in [1.807, 2.05) is 0 Å². The maximum Gasteiger partial charge on any atom is 0.306 e. The molecule has 4 saturated carbocycles. The Morgan fingerprint density at radius 3 is 1.98 bits per heavy atom. The zero-order chi connectivity index (χ0) is 34.4. The molecular formula is C42H74O5. The molecule has 5 heteroatoms. The number of fused-ring (bicyclic) bond motifs is 5. The number of rotatable bonds is 18. The van der Waals surface area contributed by atoms with Gasteiger partial charge in [0.25, 0.3) is 0 Å². The molecule has 0 saturated heterocycles. The first-order valence-corrected chi connectivity index (χ1v) is 20.4. The Morgan fingerprint density at radius 2 is 1.36 bits per heavy atom. The first kappa shape index (κ1) is 38.9. The zero-order valence-corrected chi connectivity index (χ0v) is 31.6. The minimum absolute atomic E-state index is 0.00671. The molecule has 4 rings (SSSR count). The van der Waals surface area contributed by atoms with Gasteiger partial charge in [-0.15, -0.1) is 0 Å². The van der Waals surface area contributed by atoms with Crippen molar-refractivity contribution < 1.29 is 24.5 Å². The van der Waals surface area contributed by atoms with Crippen molar-refractivity contribution >= 4 is 11.8 Å². The van der Waals surface area contributed by atoms with Gasteiger partial charge in [0, 0.05) is 18.8 Å². The second kappa shape index (κ2) is 17.3. The molecule has 4 aliphatic carbocycles. The van der Waals surface area contributed by atoms with Crippen LogP contribution in [-0.2, 0) is 14.3 Å². The van der Waals surface area contributed by atoms with E-state index < -0.39 is 12.2 Å². The molecule has 5 nitrogen and oxygen atoms in total. The Hall–Kier alpha value is -0.940. The Labute approximate surface area is 289 Å². The van der Waals surface area contributed by atoms with Crippen LogP contribution in [0.2, 0.25) is 0 Å². The number of Topliss-reactive ketones (excluding diaryl/α,β-unsaturated/α-hetero) is 1. The van der Waals surface area contributed by atoms with Crippen LogP contribution in [-0.4, -0.2) is 40.3 Å². The summed E-state index contributed by atoms with van der Waals surface area (Å²) >= 11 is 0. The van der Waals surface area contributed by atoms with Crippen LogP contribution in [0.1, 0.15) is 177 Å². The van der Waals surface area contributed by atoms with Gasteiger partial charge in [-0.3, -0.25) is 9.59 Å². The van der Waals surface area contributed by atoms with E-state index in [-0.39, 0.29) is 40.7 Å². The largest absolute Gasteiger partial charge is 0.462 e. The first-order chi connectivity index (χ1) is 22.3. The quantitative estimate of drug-likeness (QED) is 0.113. The van der Waals surface area contributed by atoms with E-state index in [2.05, 4.69) is 48.5 Å². The van der Waals surface area contributed by atoms with E-state index >= 15 is 0 Å². The van der Waals surface area contributed by atoms with E-state index in [4.69, 9.17) is 4.74 Å². The van der Waals surface area contributed by atoms with Crippen LogP contribution in [0.15, 0.2) is 0 Å². The number of carbonyl (C=O) groups excluding carboxylic acids is 2. The summed E-state index contributed by atoms with van der Waals surface area (Å²) in [6.07, 6.45) is 20.7. The summed E-state index contributed by atoms with van der Waals surface area (Å²) in [7, 11) is 0. The number of aliphatic hydroxyl groups excluding tert-OH is 2. The number of unbranched alkanes of at least 4 members (excludes halogenated alkanes) is 10. The molecule has 0 heterocycles. The van der Waals surface area contributed by atoms with Gasteiger partial charge >= 0.3 is 5.97 Å². The Balaban J connectivity index is 1.24. The maximum absolute atomic E-state index is 13.9. The van der Waals surface area contributed by atoms with Crippen molar-refractivity contribution in [3.05, 3.63) is 0 Å². The van der Waals surface area contributed by atoms with Gasteiger partial charge in [-0.1, -0.05) is 113 Å². The molecule has 4 aliphatic rings. The lowest BCUT2D eigenvalue weighted by Gasteiger charge is -2.60. The molecule has 0 spiro atoms. The molecule has 2 N–H and O–H groups in total.